The standard InChI is InChI=1S/C24H31NO5/c1-5-12-29-19-11-10-16(14-20(19)28-4)22-21(24(27)30-13-6-2)15(3)25-17-8-7-9-18(26)23(17)22/h10-11,14,22-23H,5-9,12-13H2,1-4H3/t22-,23?/m0/s1. The van der Waals surface area contributed by atoms with Gasteiger partial charge in [0.2, 0.25) is 0 Å². The van der Waals surface area contributed by atoms with E-state index in [1.54, 1.807) is 7.11 Å². The molecule has 3 rings (SSSR count). The minimum absolute atomic E-state index is 0.128. The number of ether oxygens (including phenoxy) is 3. The summed E-state index contributed by atoms with van der Waals surface area (Å²) in [6.07, 6.45) is 3.70. The minimum atomic E-state index is -0.432. The van der Waals surface area contributed by atoms with Gasteiger partial charge in [-0.2, -0.15) is 0 Å². The molecular weight excluding hydrogens is 382 g/mol. The van der Waals surface area contributed by atoms with Crippen LogP contribution in [-0.4, -0.2) is 37.8 Å². The Morgan fingerprint density at radius 2 is 1.87 bits per heavy atom. The van der Waals surface area contributed by atoms with Gasteiger partial charge in [-0.05, 0) is 50.3 Å². The molecule has 0 amide bonds. The van der Waals surface area contributed by atoms with Gasteiger partial charge in [0, 0.05) is 23.7 Å². The second kappa shape index (κ2) is 9.92. The Morgan fingerprint density at radius 1 is 1.10 bits per heavy atom. The van der Waals surface area contributed by atoms with E-state index in [9.17, 15) is 9.59 Å². The van der Waals surface area contributed by atoms with Crippen molar-refractivity contribution in [2.24, 2.45) is 10.9 Å². The zero-order valence-corrected chi connectivity index (χ0v) is 18.3. The van der Waals surface area contributed by atoms with E-state index >= 15 is 0 Å². The van der Waals surface area contributed by atoms with Crippen LogP contribution < -0.4 is 9.47 Å². The summed E-state index contributed by atoms with van der Waals surface area (Å²) in [6.45, 7) is 6.75. The third-order valence-electron chi connectivity index (χ3n) is 5.57. The third kappa shape index (κ3) is 4.42. The number of hydrogen-bond acceptors (Lipinski definition) is 6. The van der Waals surface area contributed by atoms with E-state index in [1.165, 1.54) is 0 Å². The third-order valence-corrected chi connectivity index (χ3v) is 5.57. The molecule has 6 nitrogen and oxygen atoms in total. The number of rotatable bonds is 8. The molecule has 1 heterocycles. The van der Waals surface area contributed by atoms with E-state index in [0.29, 0.717) is 42.4 Å². The molecule has 30 heavy (non-hydrogen) atoms. The van der Waals surface area contributed by atoms with Crippen LogP contribution in [0.5, 0.6) is 11.5 Å². The van der Waals surface area contributed by atoms with Gasteiger partial charge in [0.05, 0.1) is 31.8 Å². The molecular formula is C24H31NO5. The lowest BCUT2D eigenvalue weighted by atomic mass is 9.69. The summed E-state index contributed by atoms with van der Waals surface area (Å²) in [4.78, 5) is 30.6. The van der Waals surface area contributed by atoms with Crippen LogP contribution in [0.2, 0.25) is 0 Å². The largest absolute Gasteiger partial charge is 0.493 e. The number of esters is 1. The Morgan fingerprint density at radius 3 is 2.57 bits per heavy atom. The van der Waals surface area contributed by atoms with Gasteiger partial charge in [0.1, 0.15) is 5.78 Å². The quantitative estimate of drug-likeness (QED) is 0.582. The van der Waals surface area contributed by atoms with E-state index < -0.39 is 17.8 Å². The summed E-state index contributed by atoms with van der Waals surface area (Å²) in [5.74, 6) is 0.114. The summed E-state index contributed by atoms with van der Waals surface area (Å²) >= 11 is 0. The van der Waals surface area contributed by atoms with Crippen LogP contribution in [0.4, 0.5) is 0 Å². The van der Waals surface area contributed by atoms with Crippen molar-refractivity contribution in [1.29, 1.82) is 0 Å². The molecule has 1 aromatic rings. The van der Waals surface area contributed by atoms with Gasteiger partial charge >= 0.3 is 5.97 Å². The number of nitrogens with zero attached hydrogens (tertiary/aromatic N) is 1. The first kappa shape index (κ1) is 22.1. The molecule has 0 aromatic heterocycles. The Hall–Kier alpha value is -2.63. The molecule has 0 bridgehead atoms. The fraction of sp³-hybridized carbons (Fsp3) is 0.542. The van der Waals surface area contributed by atoms with Gasteiger partial charge in [-0.15, -0.1) is 0 Å². The molecule has 0 N–H and O–H groups in total. The molecule has 1 fully saturated rings. The molecule has 1 unspecified atom stereocenters. The van der Waals surface area contributed by atoms with E-state index in [4.69, 9.17) is 14.2 Å². The van der Waals surface area contributed by atoms with Crippen molar-refractivity contribution in [1.82, 2.24) is 0 Å². The molecule has 1 aliphatic heterocycles. The van der Waals surface area contributed by atoms with Crippen molar-refractivity contribution in [3.05, 3.63) is 35.0 Å². The van der Waals surface area contributed by atoms with Gasteiger partial charge in [-0.3, -0.25) is 9.79 Å². The topological polar surface area (TPSA) is 74.2 Å². The average molecular weight is 414 g/mol. The van der Waals surface area contributed by atoms with Gasteiger partial charge in [-0.1, -0.05) is 19.9 Å². The highest BCUT2D eigenvalue weighted by atomic mass is 16.5. The highest BCUT2D eigenvalue weighted by Gasteiger charge is 2.44. The molecule has 1 saturated carbocycles. The SMILES string of the molecule is CCCOC(=O)C1=C(C)N=C2CCCC(=O)C2[C@H]1c1ccc(OCCC)c(OC)c1. The first-order chi connectivity index (χ1) is 14.5. The number of benzene rings is 1. The van der Waals surface area contributed by atoms with Crippen molar-refractivity contribution in [3.63, 3.8) is 0 Å². The second-order valence-corrected chi connectivity index (χ2v) is 7.77. The maximum atomic E-state index is 13.0. The van der Waals surface area contributed by atoms with Crippen molar-refractivity contribution < 1.29 is 23.8 Å². The summed E-state index contributed by atoms with van der Waals surface area (Å²) < 4.78 is 16.8. The monoisotopic (exact) mass is 413 g/mol. The molecule has 2 aliphatic rings. The van der Waals surface area contributed by atoms with Crippen LogP contribution in [0, 0.1) is 5.92 Å². The highest BCUT2D eigenvalue weighted by Crippen LogP contribution is 2.45. The Bertz CT molecular complexity index is 870. The molecule has 1 aliphatic carbocycles. The predicted octanol–water partition coefficient (Wildman–Crippen LogP) is 4.62. The van der Waals surface area contributed by atoms with Crippen LogP contribution in [-0.2, 0) is 14.3 Å². The van der Waals surface area contributed by atoms with Crippen LogP contribution in [0.3, 0.4) is 0 Å². The van der Waals surface area contributed by atoms with Crippen LogP contribution in [0.25, 0.3) is 0 Å². The fourth-order valence-electron chi connectivity index (χ4n) is 4.23. The summed E-state index contributed by atoms with van der Waals surface area (Å²) in [5.41, 5.74) is 2.81. The second-order valence-electron chi connectivity index (χ2n) is 7.77. The molecule has 0 spiro atoms. The first-order valence-corrected chi connectivity index (χ1v) is 10.8. The first-order valence-electron chi connectivity index (χ1n) is 10.8. The fourth-order valence-corrected chi connectivity index (χ4v) is 4.23. The Balaban J connectivity index is 2.08. The number of ketones is 1. The van der Waals surface area contributed by atoms with Crippen LogP contribution in [0.15, 0.2) is 34.5 Å². The van der Waals surface area contributed by atoms with Crippen LogP contribution in [0.1, 0.15) is 64.4 Å². The molecule has 2 atom stereocenters. The normalized spacial score (nSPS) is 21.1. The molecule has 6 heteroatoms. The van der Waals surface area contributed by atoms with Gasteiger partial charge in [0.25, 0.3) is 0 Å². The number of hydrogen-bond donors (Lipinski definition) is 0. The number of carbonyl (C=O) groups is 2. The van der Waals surface area contributed by atoms with Crippen molar-refractivity contribution in [3.8, 4) is 11.5 Å². The Labute approximate surface area is 178 Å². The van der Waals surface area contributed by atoms with Crippen LogP contribution >= 0.6 is 0 Å². The molecule has 0 radical (unpaired) electrons. The minimum Gasteiger partial charge on any atom is -0.493 e. The zero-order valence-electron chi connectivity index (χ0n) is 18.3. The number of carbonyl (C=O) groups excluding carboxylic acids is 2. The smallest absolute Gasteiger partial charge is 0.336 e. The lowest BCUT2D eigenvalue weighted by Crippen LogP contribution is -2.39. The van der Waals surface area contributed by atoms with E-state index in [0.717, 1.165) is 37.0 Å². The van der Waals surface area contributed by atoms with E-state index in [2.05, 4.69) is 4.99 Å². The summed E-state index contributed by atoms with van der Waals surface area (Å²) in [5, 5.41) is 0. The number of aliphatic imine (C=N–C) groups is 1. The van der Waals surface area contributed by atoms with Crippen molar-refractivity contribution in [2.45, 2.75) is 58.8 Å². The van der Waals surface area contributed by atoms with Gasteiger partial charge < -0.3 is 14.2 Å². The number of Topliss-reactive ketones (excluding diaryl/α,β-unsaturated/α-hetero) is 1. The zero-order chi connectivity index (χ0) is 21.7. The predicted molar refractivity (Wildman–Crippen MR) is 115 cm³/mol. The van der Waals surface area contributed by atoms with Gasteiger partial charge in [0.15, 0.2) is 11.5 Å². The molecule has 0 saturated heterocycles. The maximum absolute atomic E-state index is 13.0. The summed E-state index contributed by atoms with van der Waals surface area (Å²) in [6, 6.07) is 5.65. The molecule has 1 aromatic carbocycles. The average Bonchev–Trinajstić information content (AvgIpc) is 2.75. The highest BCUT2D eigenvalue weighted by molar-refractivity contribution is 6.11. The number of fused-ring (bicyclic) bond motifs is 1. The Kier molecular flexibility index (Phi) is 7.29. The maximum Gasteiger partial charge on any atom is 0.336 e. The molecule has 162 valence electrons. The van der Waals surface area contributed by atoms with E-state index in [-0.39, 0.29) is 5.78 Å². The van der Waals surface area contributed by atoms with Crippen molar-refractivity contribution >= 4 is 17.5 Å². The van der Waals surface area contributed by atoms with Crippen molar-refractivity contribution in [2.75, 3.05) is 20.3 Å². The lowest BCUT2D eigenvalue weighted by molar-refractivity contribution is -0.139. The summed E-state index contributed by atoms with van der Waals surface area (Å²) in [7, 11) is 1.59. The van der Waals surface area contributed by atoms with E-state index in [1.807, 2.05) is 39.0 Å². The number of allylic oxidation sites excluding steroid dienone is 1. The number of methoxy groups -OCH3 is 1. The lowest BCUT2D eigenvalue weighted by Gasteiger charge is -2.35. The van der Waals surface area contributed by atoms with Gasteiger partial charge in [-0.25, -0.2) is 4.79 Å².